The number of amides is 1. The predicted molar refractivity (Wildman–Crippen MR) is 133 cm³/mol. The fraction of sp³-hybridized carbons (Fsp3) is 0.120. The molecule has 0 heterocycles. The average molecular weight is 610 g/mol. The highest BCUT2D eigenvalue weighted by molar-refractivity contribution is 9.10. The van der Waals surface area contributed by atoms with E-state index in [1.54, 1.807) is 18.2 Å². The lowest BCUT2D eigenvalue weighted by atomic mass is 10.1. The van der Waals surface area contributed by atoms with Crippen molar-refractivity contribution in [1.29, 1.82) is 5.26 Å². The normalized spacial score (nSPS) is 11.5. The summed E-state index contributed by atoms with van der Waals surface area (Å²) in [4.78, 5) is 12.6. The van der Waals surface area contributed by atoms with Crippen LogP contribution < -0.4 is 14.8 Å². The molecule has 10 heteroatoms. The number of anilines is 1. The molecule has 180 valence electrons. The second kappa shape index (κ2) is 11.4. The second-order valence-electron chi connectivity index (χ2n) is 7.12. The van der Waals surface area contributed by atoms with E-state index in [0.29, 0.717) is 21.5 Å². The first-order valence-electron chi connectivity index (χ1n) is 9.96. The Morgan fingerprint density at radius 3 is 2.43 bits per heavy atom. The number of methoxy groups -OCH3 is 1. The molecular weight excluding hydrogens is 593 g/mol. The standard InChI is InChI=1S/C25H17Br2F3N2O3/c1-34-22-12-16(11-20(27)23(22)35-14-15-6-8-18(26)9-7-15)10-17(13-31)24(33)32-21-5-3-2-4-19(21)25(28,29)30/h2-12H,14H2,1H3,(H,32,33)/b17-10+. The molecule has 0 fully saturated rings. The summed E-state index contributed by atoms with van der Waals surface area (Å²) in [5, 5.41) is 11.6. The number of carbonyl (C=O) groups excluding carboxylic acids is 1. The number of hydrogen-bond donors (Lipinski definition) is 1. The SMILES string of the molecule is COc1cc(/C=C(\C#N)C(=O)Nc2ccccc2C(F)(F)F)cc(Br)c1OCc1ccc(Br)cc1. The Morgan fingerprint density at radius 1 is 1.11 bits per heavy atom. The number of alkyl halides is 3. The van der Waals surface area contributed by atoms with E-state index in [4.69, 9.17) is 9.47 Å². The van der Waals surface area contributed by atoms with Gasteiger partial charge in [0.05, 0.1) is 22.8 Å². The molecule has 0 unspecified atom stereocenters. The van der Waals surface area contributed by atoms with Crippen molar-refractivity contribution >= 4 is 49.5 Å². The maximum atomic E-state index is 13.2. The van der Waals surface area contributed by atoms with Crippen molar-refractivity contribution < 1.29 is 27.4 Å². The van der Waals surface area contributed by atoms with Gasteiger partial charge < -0.3 is 14.8 Å². The minimum atomic E-state index is -4.66. The van der Waals surface area contributed by atoms with Crippen molar-refractivity contribution in [3.8, 4) is 17.6 Å². The molecule has 0 bridgehead atoms. The van der Waals surface area contributed by atoms with E-state index in [-0.39, 0.29) is 12.2 Å². The van der Waals surface area contributed by atoms with Crippen LogP contribution in [-0.2, 0) is 17.6 Å². The Morgan fingerprint density at radius 2 is 1.80 bits per heavy atom. The number of nitrogens with zero attached hydrogens (tertiary/aromatic N) is 1. The minimum absolute atomic E-state index is 0.266. The van der Waals surface area contributed by atoms with E-state index < -0.39 is 23.3 Å². The van der Waals surface area contributed by atoms with Gasteiger partial charge >= 0.3 is 6.18 Å². The lowest BCUT2D eigenvalue weighted by molar-refractivity contribution is -0.137. The lowest BCUT2D eigenvalue weighted by Gasteiger charge is -2.14. The van der Waals surface area contributed by atoms with Gasteiger partial charge in [-0.05, 0) is 69.5 Å². The van der Waals surface area contributed by atoms with Gasteiger partial charge in [0.2, 0.25) is 0 Å². The number of nitriles is 1. The highest BCUT2D eigenvalue weighted by atomic mass is 79.9. The smallest absolute Gasteiger partial charge is 0.418 e. The van der Waals surface area contributed by atoms with E-state index >= 15 is 0 Å². The third-order valence-corrected chi connectivity index (χ3v) is 5.82. The zero-order valence-corrected chi connectivity index (χ0v) is 21.3. The molecule has 1 amide bonds. The molecule has 1 N–H and O–H groups in total. The first kappa shape index (κ1) is 26.3. The maximum Gasteiger partial charge on any atom is 0.418 e. The van der Waals surface area contributed by atoms with Gasteiger partial charge in [-0.15, -0.1) is 0 Å². The second-order valence-corrected chi connectivity index (χ2v) is 8.89. The molecule has 3 rings (SSSR count). The van der Waals surface area contributed by atoms with Crippen LogP contribution >= 0.6 is 31.9 Å². The summed E-state index contributed by atoms with van der Waals surface area (Å²) in [7, 11) is 1.44. The first-order valence-corrected chi connectivity index (χ1v) is 11.5. The Kier molecular flexibility index (Phi) is 8.59. The van der Waals surface area contributed by atoms with Crippen LogP contribution in [0, 0.1) is 11.3 Å². The quantitative estimate of drug-likeness (QED) is 0.224. The van der Waals surface area contributed by atoms with Crippen LogP contribution in [0.25, 0.3) is 6.08 Å². The molecule has 0 aliphatic heterocycles. The fourth-order valence-electron chi connectivity index (χ4n) is 3.04. The molecule has 0 saturated heterocycles. The Balaban J connectivity index is 1.84. The van der Waals surface area contributed by atoms with Crippen molar-refractivity contribution in [2.45, 2.75) is 12.8 Å². The van der Waals surface area contributed by atoms with Crippen molar-refractivity contribution in [3.05, 3.63) is 91.9 Å². The van der Waals surface area contributed by atoms with Crippen LogP contribution in [0.3, 0.4) is 0 Å². The number of para-hydroxylation sites is 1. The molecule has 0 aromatic heterocycles. The molecule has 0 spiro atoms. The number of ether oxygens (including phenoxy) is 2. The summed E-state index contributed by atoms with van der Waals surface area (Å²) in [5.74, 6) is -0.229. The van der Waals surface area contributed by atoms with Crippen LogP contribution in [0.2, 0.25) is 0 Å². The Hall–Kier alpha value is -3.29. The topological polar surface area (TPSA) is 71.3 Å². The van der Waals surface area contributed by atoms with Gasteiger partial charge in [0.15, 0.2) is 11.5 Å². The van der Waals surface area contributed by atoms with Gasteiger partial charge in [0.25, 0.3) is 5.91 Å². The van der Waals surface area contributed by atoms with Crippen LogP contribution in [0.1, 0.15) is 16.7 Å². The molecule has 3 aromatic carbocycles. The zero-order valence-electron chi connectivity index (χ0n) is 18.1. The maximum absolute atomic E-state index is 13.2. The molecule has 0 aliphatic rings. The van der Waals surface area contributed by atoms with E-state index in [9.17, 15) is 23.2 Å². The largest absolute Gasteiger partial charge is 0.493 e. The monoisotopic (exact) mass is 608 g/mol. The number of halogens is 5. The summed E-state index contributed by atoms with van der Waals surface area (Å²) >= 11 is 6.78. The number of rotatable bonds is 7. The van der Waals surface area contributed by atoms with Crippen molar-refractivity contribution in [2.75, 3.05) is 12.4 Å². The number of carbonyl (C=O) groups is 1. The van der Waals surface area contributed by atoms with Gasteiger partial charge in [0.1, 0.15) is 18.2 Å². The third kappa shape index (κ3) is 6.87. The van der Waals surface area contributed by atoms with E-state index in [2.05, 4.69) is 37.2 Å². The highest BCUT2D eigenvalue weighted by Gasteiger charge is 2.33. The third-order valence-electron chi connectivity index (χ3n) is 4.70. The van der Waals surface area contributed by atoms with Gasteiger partial charge in [-0.3, -0.25) is 4.79 Å². The van der Waals surface area contributed by atoms with E-state index in [1.807, 2.05) is 24.3 Å². The average Bonchev–Trinajstić information content (AvgIpc) is 2.82. The zero-order chi connectivity index (χ0) is 25.6. The van der Waals surface area contributed by atoms with Crippen LogP contribution in [0.4, 0.5) is 18.9 Å². The van der Waals surface area contributed by atoms with E-state index in [0.717, 1.165) is 22.2 Å². The molecular formula is C25H17Br2F3N2O3. The summed E-state index contributed by atoms with van der Waals surface area (Å²) in [5.41, 5.74) is -0.516. The molecule has 0 saturated carbocycles. The van der Waals surface area contributed by atoms with Crippen LogP contribution in [-0.4, -0.2) is 13.0 Å². The van der Waals surface area contributed by atoms with Crippen molar-refractivity contribution in [2.24, 2.45) is 0 Å². The molecule has 5 nitrogen and oxygen atoms in total. The van der Waals surface area contributed by atoms with Crippen LogP contribution in [0.5, 0.6) is 11.5 Å². The summed E-state index contributed by atoms with van der Waals surface area (Å²) in [6.07, 6.45) is -3.41. The van der Waals surface area contributed by atoms with Gasteiger partial charge in [0, 0.05) is 4.47 Å². The molecule has 3 aromatic rings. The number of benzene rings is 3. The van der Waals surface area contributed by atoms with Gasteiger partial charge in [-0.1, -0.05) is 40.2 Å². The summed E-state index contributed by atoms with van der Waals surface area (Å²) < 4.78 is 52.4. The van der Waals surface area contributed by atoms with Gasteiger partial charge in [-0.25, -0.2) is 0 Å². The highest BCUT2D eigenvalue weighted by Crippen LogP contribution is 2.38. The van der Waals surface area contributed by atoms with Crippen molar-refractivity contribution in [3.63, 3.8) is 0 Å². The number of nitrogens with one attached hydrogen (secondary N) is 1. The summed E-state index contributed by atoms with van der Waals surface area (Å²) in [6.45, 7) is 0.266. The predicted octanol–water partition coefficient (Wildman–Crippen LogP) is 7.36. The molecule has 0 radical (unpaired) electrons. The summed E-state index contributed by atoms with van der Waals surface area (Å²) in [6, 6.07) is 17.0. The molecule has 0 atom stereocenters. The Labute approximate surface area is 216 Å². The number of hydrogen-bond acceptors (Lipinski definition) is 4. The first-order chi connectivity index (χ1) is 16.6. The minimum Gasteiger partial charge on any atom is -0.493 e. The molecule has 35 heavy (non-hydrogen) atoms. The Bertz CT molecular complexity index is 1300. The molecule has 0 aliphatic carbocycles. The van der Waals surface area contributed by atoms with E-state index in [1.165, 1.54) is 25.3 Å². The van der Waals surface area contributed by atoms with Gasteiger partial charge in [-0.2, -0.15) is 18.4 Å². The van der Waals surface area contributed by atoms with Crippen LogP contribution in [0.15, 0.2) is 75.2 Å². The van der Waals surface area contributed by atoms with Crippen molar-refractivity contribution in [1.82, 2.24) is 0 Å². The fourth-order valence-corrected chi connectivity index (χ4v) is 3.88. The lowest BCUT2D eigenvalue weighted by Crippen LogP contribution is -2.17.